The van der Waals surface area contributed by atoms with Crippen LogP contribution in [0.15, 0.2) is 61.2 Å². The number of benzene rings is 2. The first-order valence-corrected chi connectivity index (χ1v) is 21.3. The summed E-state index contributed by atoms with van der Waals surface area (Å²) in [4.78, 5) is 75.7. The molecule has 0 radical (unpaired) electrons. The Hall–Kier alpha value is -4.78. The molecule has 2 aromatic rings. The number of likely N-dealkylation sites (tertiary alicyclic amines) is 2. The van der Waals surface area contributed by atoms with Crippen molar-refractivity contribution in [1.29, 1.82) is 0 Å². The lowest BCUT2D eigenvalue weighted by atomic mass is 9.77. The van der Waals surface area contributed by atoms with Gasteiger partial charge in [0, 0.05) is 32.4 Å². The smallest absolute Gasteiger partial charge is 0.419 e. The normalized spacial score (nSPS) is 25.0. The van der Waals surface area contributed by atoms with E-state index in [2.05, 4.69) is 11.3 Å². The largest absolute Gasteiger partial charge is 0.444 e. The van der Waals surface area contributed by atoms with Crippen molar-refractivity contribution in [2.75, 3.05) is 24.5 Å². The van der Waals surface area contributed by atoms with Crippen LogP contribution in [0.25, 0.3) is 12.2 Å². The molecule has 5 aliphatic rings. The minimum atomic E-state index is -3.88. The third-order valence-electron chi connectivity index (χ3n) is 12.2. The number of hydrogen-bond acceptors (Lipinski definition) is 8. The van der Waals surface area contributed by atoms with E-state index in [1.165, 1.54) is 9.80 Å². The summed E-state index contributed by atoms with van der Waals surface area (Å²) in [6.45, 7) is 10.7. The van der Waals surface area contributed by atoms with Crippen molar-refractivity contribution in [3.05, 3.63) is 72.3 Å². The van der Waals surface area contributed by atoms with Gasteiger partial charge >= 0.3 is 6.09 Å². The van der Waals surface area contributed by atoms with Crippen LogP contribution in [0.4, 0.5) is 16.2 Å². The van der Waals surface area contributed by atoms with Gasteiger partial charge in [0.1, 0.15) is 6.10 Å². The number of nitrogens with zero attached hydrogens (tertiary/aromatic N) is 3. The van der Waals surface area contributed by atoms with Gasteiger partial charge in [-0.2, -0.15) is 0 Å². The fourth-order valence-corrected chi connectivity index (χ4v) is 9.90. The van der Waals surface area contributed by atoms with Crippen LogP contribution in [-0.2, 0) is 33.9 Å². The van der Waals surface area contributed by atoms with Crippen LogP contribution in [0.1, 0.15) is 89.7 Å². The predicted octanol–water partition coefficient (Wildman–Crippen LogP) is 6.24. The predicted molar refractivity (Wildman–Crippen MR) is 213 cm³/mol. The second kappa shape index (κ2) is 15.3. The van der Waals surface area contributed by atoms with Gasteiger partial charge in [-0.1, -0.05) is 75.4 Å². The van der Waals surface area contributed by atoms with Crippen molar-refractivity contribution < 1.29 is 37.1 Å². The van der Waals surface area contributed by atoms with Gasteiger partial charge in [-0.05, 0) is 73.1 Å². The summed E-state index contributed by atoms with van der Waals surface area (Å²) in [5, 5.41) is -0.626. The zero-order chi connectivity index (χ0) is 40.0. The Bertz CT molecular complexity index is 2010. The number of carbonyl (C=O) groups is 5. The lowest BCUT2D eigenvalue weighted by Crippen LogP contribution is -2.49. The maximum absolute atomic E-state index is 14.8. The summed E-state index contributed by atoms with van der Waals surface area (Å²) in [7, 11) is -3.88. The van der Waals surface area contributed by atoms with E-state index in [0.29, 0.717) is 37.3 Å². The number of amides is 4. The van der Waals surface area contributed by atoms with Crippen LogP contribution in [-0.4, -0.2) is 84.8 Å². The fraction of sp³-hybridized carbons (Fsp3) is 0.512. The highest BCUT2D eigenvalue weighted by Crippen LogP contribution is 2.57. The molecule has 3 heterocycles. The van der Waals surface area contributed by atoms with Crippen LogP contribution in [0.5, 0.6) is 0 Å². The zero-order valence-corrected chi connectivity index (χ0v) is 33.3. The maximum Gasteiger partial charge on any atom is 0.419 e. The molecule has 0 spiro atoms. The van der Waals surface area contributed by atoms with Crippen LogP contribution >= 0.6 is 0 Å². The number of nitrogens with one attached hydrogen (secondary N) is 1. The number of Topliss-reactive ketones (excluding diaryl/α,β-unsaturated/α-hetero) is 1. The second-order valence-electron chi connectivity index (χ2n) is 17.1. The maximum atomic E-state index is 14.8. The van der Waals surface area contributed by atoms with Gasteiger partial charge in [-0.3, -0.25) is 23.9 Å². The van der Waals surface area contributed by atoms with Crippen molar-refractivity contribution in [3.63, 3.8) is 0 Å². The number of hydrogen-bond donors (Lipinski definition) is 1. The Morgan fingerprint density at radius 2 is 1.55 bits per heavy atom. The molecule has 5 atom stereocenters. The van der Waals surface area contributed by atoms with Gasteiger partial charge in [0.25, 0.3) is 0 Å². The van der Waals surface area contributed by atoms with Crippen molar-refractivity contribution in [1.82, 2.24) is 14.5 Å². The molecule has 4 fully saturated rings. The molecule has 12 nitrogen and oxygen atoms in total. The Kier molecular flexibility index (Phi) is 10.8. The van der Waals surface area contributed by atoms with Crippen molar-refractivity contribution in [3.8, 4) is 0 Å². The van der Waals surface area contributed by atoms with Gasteiger partial charge in [-0.15, -0.1) is 6.58 Å². The average Bonchev–Trinajstić information content (AvgIpc) is 4.10. The van der Waals surface area contributed by atoms with E-state index in [-0.39, 0.29) is 38.1 Å². The third kappa shape index (κ3) is 7.92. The molecule has 2 aromatic carbocycles. The van der Waals surface area contributed by atoms with E-state index in [1.54, 1.807) is 11.0 Å². The van der Waals surface area contributed by atoms with Crippen LogP contribution in [0.2, 0.25) is 0 Å². The van der Waals surface area contributed by atoms with E-state index in [1.807, 2.05) is 81.5 Å². The first-order chi connectivity index (χ1) is 26.6. The molecule has 4 amide bonds. The topological polar surface area (TPSA) is 150 Å². The van der Waals surface area contributed by atoms with Gasteiger partial charge < -0.3 is 14.5 Å². The summed E-state index contributed by atoms with van der Waals surface area (Å²) in [5.41, 5.74) is 0.831. The molecule has 0 bridgehead atoms. The number of ketones is 1. The number of rotatable bonds is 11. The van der Waals surface area contributed by atoms with Gasteiger partial charge in [0.05, 0.1) is 40.5 Å². The molecule has 2 aliphatic carbocycles. The number of fused-ring (bicyclic) bond motifs is 2. The summed E-state index contributed by atoms with van der Waals surface area (Å²) >= 11 is 0. The highest BCUT2D eigenvalue weighted by molar-refractivity contribution is 7.90. The first kappa shape index (κ1) is 39.5. The van der Waals surface area contributed by atoms with Crippen LogP contribution in [0, 0.1) is 22.7 Å². The van der Waals surface area contributed by atoms with E-state index >= 15 is 0 Å². The number of allylic oxidation sites excluding steroid dienone is 1. The molecule has 13 heteroatoms. The number of piperidine rings is 1. The van der Waals surface area contributed by atoms with E-state index in [9.17, 15) is 32.4 Å². The Labute approximate surface area is 329 Å². The van der Waals surface area contributed by atoms with Crippen molar-refractivity contribution in [2.45, 2.75) is 96.0 Å². The highest BCUT2D eigenvalue weighted by Gasteiger charge is 2.61. The van der Waals surface area contributed by atoms with Gasteiger partial charge in [0.2, 0.25) is 27.7 Å². The lowest BCUT2D eigenvalue weighted by molar-refractivity contribution is -0.148. The molecule has 298 valence electrons. The molecule has 0 unspecified atom stereocenters. The molecule has 3 aliphatic heterocycles. The Morgan fingerprint density at radius 1 is 0.946 bits per heavy atom. The fourth-order valence-electron chi connectivity index (χ4n) is 8.52. The van der Waals surface area contributed by atoms with Crippen molar-refractivity contribution in [2.24, 2.45) is 22.7 Å². The number of carbonyl (C=O) groups excluding carboxylic acids is 5. The quantitative estimate of drug-likeness (QED) is 0.263. The molecule has 2 saturated carbocycles. The number of para-hydroxylation sites is 2. The molecular weight excluding hydrogens is 733 g/mol. The second-order valence-corrected chi connectivity index (χ2v) is 19.1. The van der Waals surface area contributed by atoms with E-state index < -0.39 is 73.8 Å². The summed E-state index contributed by atoms with van der Waals surface area (Å²) < 4.78 is 34.0. The van der Waals surface area contributed by atoms with Crippen molar-refractivity contribution >= 4 is 63.1 Å². The number of anilines is 2. The molecule has 1 N–H and O–H groups in total. The summed E-state index contributed by atoms with van der Waals surface area (Å²) in [6, 6.07) is 13.8. The monoisotopic (exact) mass is 784 g/mol. The van der Waals surface area contributed by atoms with E-state index in [0.717, 1.165) is 30.4 Å². The highest BCUT2D eigenvalue weighted by atomic mass is 32.2. The minimum Gasteiger partial charge on any atom is -0.444 e. The first-order valence-electron chi connectivity index (χ1n) is 19.8. The summed E-state index contributed by atoms with van der Waals surface area (Å²) in [5.74, 6) is -2.92. The molecule has 7 rings (SSSR count). The van der Waals surface area contributed by atoms with Gasteiger partial charge in [-0.25, -0.2) is 18.1 Å². The number of sulfonamides is 1. The minimum absolute atomic E-state index is 0.0283. The number of ether oxygens (including phenoxy) is 1. The van der Waals surface area contributed by atoms with Crippen LogP contribution < -0.4 is 9.62 Å². The third-order valence-corrected chi connectivity index (χ3v) is 14.0. The average molecular weight is 785 g/mol. The molecular formula is C43H52N4O8S. The van der Waals surface area contributed by atoms with E-state index in [4.69, 9.17) is 4.74 Å². The molecule has 2 saturated heterocycles. The molecule has 56 heavy (non-hydrogen) atoms. The SMILES string of the molecule is C=C[C@@H]1C[C@]1(CC(=O)[C@@H]1C[C@@H](OC(=O)N2c3ccccc3C=Cc3ccccc32)CN1C(=O)[C@@H](CC(=O)N1CCCCC1)C(C)(C)C)C(=O)NS(=O)(=O)C1CC1. The Balaban J connectivity index is 1.17. The zero-order valence-electron chi connectivity index (χ0n) is 32.4. The van der Waals surface area contributed by atoms with Crippen LogP contribution in [0.3, 0.4) is 0 Å². The lowest BCUT2D eigenvalue weighted by Gasteiger charge is -2.36. The van der Waals surface area contributed by atoms with Gasteiger partial charge in [0.15, 0.2) is 5.78 Å². The Morgan fingerprint density at radius 3 is 2.11 bits per heavy atom. The summed E-state index contributed by atoms with van der Waals surface area (Å²) in [6.07, 6.45) is 7.49. The molecule has 0 aromatic heterocycles. The standard InChI is InChI=1S/C43H52N4O8S/c1-5-30-25-43(30,40(51)44-56(53,54)32-19-20-32)26-37(48)36-23-31(27-46(36)39(50)33(42(2,3)4)24-38(49)45-21-11-6-12-22-45)55-41(52)47-34-15-9-7-13-28(34)17-18-29-14-8-10-16-35(29)47/h5,7-10,13-18,30-33,36H,1,6,11-12,19-27H2,2-4H3,(H,44,51)/t30-,31-,33-,36+,43-/m1/s1.